The number of carbonyl (C=O) groups is 3. The molecule has 1 unspecified atom stereocenters. The number of fused-ring (bicyclic) bond motifs is 1. The molecule has 1 aliphatic heterocycles. The van der Waals surface area contributed by atoms with Crippen molar-refractivity contribution < 1.29 is 38.1 Å². The molecule has 0 saturated carbocycles. The smallest absolute Gasteiger partial charge is 0.492 e. The van der Waals surface area contributed by atoms with Crippen LogP contribution in [-0.4, -0.2) is 37.9 Å². The Bertz CT molecular complexity index is 903. The highest BCUT2D eigenvalue weighted by Gasteiger charge is 2.30. The molecule has 0 fully saturated rings. The maximum absolute atomic E-state index is 12.9. The van der Waals surface area contributed by atoms with Crippen LogP contribution < -0.4 is 14.2 Å². The number of hydrogen-bond acceptors (Lipinski definition) is 8. The van der Waals surface area contributed by atoms with E-state index in [1.165, 1.54) is 12.1 Å². The van der Waals surface area contributed by atoms with E-state index in [2.05, 4.69) is 0 Å². The van der Waals surface area contributed by atoms with Crippen molar-refractivity contribution in [2.24, 2.45) is 0 Å². The second kappa shape index (κ2) is 9.09. The molecule has 3 rings (SSSR count). The summed E-state index contributed by atoms with van der Waals surface area (Å²) < 4.78 is 25.2. The third-order valence-corrected chi connectivity index (χ3v) is 4.15. The van der Waals surface area contributed by atoms with Gasteiger partial charge in [0.25, 0.3) is 0 Å². The number of hydrogen-bond donors (Lipinski definition) is 0. The fraction of sp³-hybridized carbons (Fsp3) is 0.286. The first-order chi connectivity index (χ1) is 14.0. The minimum Gasteiger partial charge on any atom is -0.492 e. The van der Waals surface area contributed by atoms with Crippen LogP contribution in [0.4, 0.5) is 9.59 Å². The highest BCUT2D eigenvalue weighted by molar-refractivity contribution is 6.04. The number of Topliss-reactive ketones (excluding diaryl/α,β-unsaturated/α-hetero) is 1. The van der Waals surface area contributed by atoms with Gasteiger partial charge in [-0.2, -0.15) is 0 Å². The molecule has 8 nitrogen and oxygen atoms in total. The van der Waals surface area contributed by atoms with E-state index in [9.17, 15) is 14.4 Å². The Morgan fingerprint density at radius 1 is 0.931 bits per heavy atom. The lowest BCUT2D eigenvalue weighted by molar-refractivity contribution is 0.0894. The van der Waals surface area contributed by atoms with Crippen LogP contribution >= 0.6 is 0 Å². The van der Waals surface area contributed by atoms with Crippen molar-refractivity contribution in [2.75, 3.05) is 19.8 Å². The molecule has 0 aromatic heterocycles. The van der Waals surface area contributed by atoms with Gasteiger partial charge in [0.1, 0.15) is 23.9 Å². The standard InChI is InChI=1S/C21H20O8/c1-3-25-20(23)28-14-7-5-13(6-8-14)17-12-27-18-11-15(29-21(24)26-4-2)9-10-16(18)19(17)22/h5-11,17H,3-4,12H2,1-2H3. The summed E-state index contributed by atoms with van der Waals surface area (Å²) in [7, 11) is 0. The average molecular weight is 400 g/mol. The van der Waals surface area contributed by atoms with Crippen LogP contribution in [0.2, 0.25) is 0 Å². The van der Waals surface area contributed by atoms with E-state index in [1.54, 1.807) is 44.2 Å². The molecule has 0 amide bonds. The highest BCUT2D eigenvalue weighted by Crippen LogP contribution is 2.35. The fourth-order valence-electron chi connectivity index (χ4n) is 2.83. The van der Waals surface area contributed by atoms with Crippen LogP contribution in [0.5, 0.6) is 17.2 Å². The minimum absolute atomic E-state index is 0.118. The summed E-state index contributed by atoms with van der Waals surface area (Å²) in [5.41, 5.74) is 1.12. The van der Waals surface area contributed by atoms with Gasteiger partial charge in [0.05, 0.1) is 24.7 Å². The Labute approximate surface area is 167 Å². The molecule has 0 spiro atoms. The monoisotopic (exact) mass is 400 g/mol. The lowest BCUT2D eigenvalue weighted by Crippen LogP contribution is -2.26. The molecule has 0 radical (unpaired) electrons. The van der Waals surface area contributed by atoms with Crippen LogP contribution in [0.15, 0.2) is 42.5 Å². The van der Waals surface area contributed by atoms with Crippen LogP contribution in [-0.2, 0) is 9.47 Å². The molecular weight excluding hydrogens is 380 g/mol. The van der Waals surface area contributed by atoms with Crippen molar-refractivity contribution in [3.63, 3.8) is 0 Å². The van der Waals surface area contributed by atoms with Crippen LogP contribution in [0.25, 0.3) is 0 Å². The summed E-state index contributed by atoms with van der Waals surface area (Å²) in [6, 6.07) is 11.1. The van der Waals surface area contributed by atoms with Gasteiger partial charge in [0.2, 0.25) is 0 Å². The Hall–Kier alpha value is -3.55. The van der Waals surface area contributed by atoms with E-state index < -0.39 is 18.2 Å². The Kier molecular flexibility index (Phi) is 6.33. The van der Waals surface area contributed by atoms with Gasteiger partial charge in [-0.05, 0) is 43.7 Å². The quantitative estimate of drug-likeness (QED) is 0.546. The summed E-state index contributed by atoms with van der Waals surface area (Å²) in [5.74, 6) is 0.269. The van der Waals surface area contributed by atoms with Crippen molar-refractivity contribution in [1.29, 1.82) is 0 Å². The lowest BCUT2D eigenvalue weighted by Gasteiger charge is -2.24. The topological polar surface area (TPSA) is 97.4 Å². The highest BCUT2D eigenvalue weighted by atomic mass is 16.7. The fourth-order valence-corrected chi connectivity index (χ4v) is 2.83. The normalized spacial score (nSPS) is 15.0. The van der Waals surface area contributed by atoms with E-state index in [0.717, 1.165) is 5.56 Å². The number of benzene rings is 2. The number of carbonyl (C=O) groups excluding carboxylic acids is 3. The zero-order valence-corrected chi connectivity index (χ0v) is 16.0. The van der Waals surface area contributed by atoms with E-state index in [4.69, 9.17) is 23.7 Å². The van der Waals surface area contributed by atoms with Crippen molar-refractivity contribution in [3.05, 3.63) is 53.6 Å². The molecule has 1 heterocycles. The third kappa shape index (κ3) is 4.84. The average Bonchev–Trinajstić information content (AvgIpc) is 2.69. The molecule has 152 valence electrons. The zero-order valence-electron chi connectivity index (χ0n) is 16.0. The van der Waals surface area contributed by atoms with Gasteiger partial charge in [-0.1, -0.05) is 12.1 Å². The molecule has 0 N–H and O–H groups in total. The third-order valence-electron chi connectivity index (χ3n) is 4.15. The van der Waals surface area contributed by atoms with Gasteiger partial charge < -0.3 is 23.7 Å². The van der Waals surface area contributed by atoms with Crippen molar-refractivity contribution in [3.8, 4) is 17.2 Å². The van der Waals surface area contributed by atoms with Gasteiger partial charge in [-0.25, -0.2) is 9.59 Å². The molecule has 8 heteroatoms. The molecule has 29 heavy (non-hydrogen) atoms. The SMILES string of the molecule is CCOC(=O)Oc1ccc(C2COc3cc(OC(=O)OCC)ccc3C2=O)cc1. The molecule has 0 saturated heterocycles. The number of ketones is 1. The molecule has 0 bridgehead atoms. The van der Waals surface area contributed by atoms with Gasteiger partial charge >= 0.3 is 12.3 Å². The summed E-state index contributed by atoms with van der Waals surface area (Å²) in [4.78, 5) is 35.7. The second-order valence-electron chi connectivity index (χ2n) is 6.02. The summed E-state index contributed by atoms with van der Waals surface area (Å²) in [6.45, 7) is 3.90. The van der Waals surface area contributed by atoms with Crippen LogP contribution in [0, 0.1) is 0 Å². The van der Waals surface area contributed by atoms with E-state index in [0.29, 0.717) is 17.1 Å². The first kappa shape index (κ1) is 20.2. The summed E-state index contributed by atoms with van der Waals surface area (Å²) >= 11 is 0. The van der Waals surface area contributed by atoms with Gasteiger partial charge in [0, 0.05) is 6.07 Å². The van der Waals surface area contributed by atoms with E-state index in [-0.39, 0.29) is 31.4 Å². The Balaban J connectivity index is 1.71. The largest absolute Gasteiger partial charge is 0.513 e. The lowest BCUT2D eigenvalue weighted by atomic mass is 9.89. The maximum Gasteiger partial charge on any atom is 0.513 e. The number of ether oxygens (including phenoxy) is 5. The van der Waals surface area contributed by atoms with Crippen molar-refractivity contribution in [2.45, 2.75) is 19.8 Å². The van der Waals surface area contributed by atoms with Gasteiger partial charge in [0.15, 0.2) is 5.78 Å². The predicted octanol–water partition coefficient (Wildman–Crippen LogP) is 4.12. The first-order valence-corrected chi connectivity index (χ1v) is 9.12. The van der Waals surface area contributed by atoms with Gasteiger partial charge in [-0.3, -0.25) is 4.79 Å². The summed E-state index contributed by atoms with van der Waals surface area (Å²) in [5, 5.41) is 0. The van der Waals surface area contributed by atoms with Crippen molar-refractivity contribution in [1.82, 2.24) is 0 Å². The van der Waals surface area contributed by atoms with E-state index in [1.807, 2.05) is 0 Å². The molecule has 2 aromatic carbocycles. The Morgan fingerprint density at radius 2 is 1.52 bits per heavy atom. The maximum atomic E-state index is 12.9. The molecule has 1 atom stereocenters. The molecule has 1 aliphatic rings. The molecular formula is C21H20O8. The summed E-state index contributed by atoms with van der Waals surface area (Å²) in [6.07, 6.45) is -1.61. The van der Waals surface area contributed by atoms with Crippen LogP contribution in [0.3, 0.4) is 0 Å². The molecule has 2 aromatic rings. The molecule has 0 aliphatic carbocycles. The first-order valence-electron chi connectivity index (χ1n) is 9.12. The van der Waals surface area contributed by atoms with Crippen molar-refractivity contribution >= 4 is 18.1 Å². The number of rotatable bonds is 5. The Morgan fingerprint density at radius 3 is 2.14 bits per heavy atom. The zero-order chi connectivity index (χ0) is 20.8. The van der Waals surface area contributed by atoms with Gasteiger partial charge in [-0.15, -0.1) is 0 Å². The predicted molar refractivity (Wildman–Crippen MR) is 101 cm³/mol. The second-order valence-corrected chi connectivity index (χ2v) is 6.02. The minimum atomic E-state index is -0.822. The van der Waals surface area contributed by atoms with E-state index >= 15 is 0 Å². The van der Waals surface area contributed by atoms with Crippen LogP contribution in [0.1, 0.15) is 35.7 Å².